The fraction of sp³-hybridized carbons (Fsp3) is 0.857. The Labute approximate surface area is 77.1 Å². The molecule has 1 atom stereocenters. The number of nitrogens with two attached hydrogens (primary N) is 1. The van der Waals surface area contributed by atoms with Gasteiger partial charge in [-0.05, 0) is 12.0 Å². The Hall–Kier alpha value is -1.26. The van der Waals surface area contributed by atoms with Crippen LogP contribution < -0.4 is 11.1 Å². The summed E-state index contributed by atoms with van der Waals surface area (Å²) < 4.78 is 0. The second-order valence-corrected chi connectivity index (χ2v) is 3.02. The Balaban J connectivity index is 3.94. The molecule has 0 saturated heterocycles. The minimum absolute atomic E-state index is 0.184. The predicted molar refractivity (Wildman–Crippen MR) is 49.9 cm³/mol. The summed E-state index contributed by atoms with van der Waals surface area (Å²) in [7, 11) is 0. The lowest BCUT2D eigenvalue weighted by Crippen LogP contribution is -2.44. The summed E-state index contributed by atoms with van der Waals surface area (Å²) >= 11 is 0. The number of amides is 1. The summed E-state index contributed by atoms with van der Waals surface area (Å²) in [6.45, 7) is 4.12. The van der Waals surface area contributed by atoms with Crippen molar-refractivity contribution < 1.29 is 4.79 Å². The number of carbonyl (C=O) groups excluding carboxylic acids is 1. The lowest BCUT2D eigenvalue weighted by molar-refractivity contribution is -0.120. The molecule has 0 aromatic rings. The van der Waals surface area contributed by atoms with Crippen LogP contribution in [0.3, 0.4) is 0 Å². The first-order valence-electron chi connectivity index (χ1n) is 4.14. The Morgan fingerprint density at radius 2 is 2.31 bits per heavy atom. The Morgan fingerprint density at radius 1 is 1.69 bits per heavy atom. The summed E-state index contributed by atoms with van der Waals surface area (Å²) in [5.74, 6) is -0.415. The van der Waals surface area contributed by atoms with Crippen LogP contribution in [-0.4, -0.2) is 24.5 Å². The summed E-state index contributed by atoms with van der Waals surface area (Å²) in [5, 5.41) is 6.31. The van der Waals surface area contributed by atoms with Gasteiger partial charge in [-0.1, -0.05) is 19.0 Å². The number of nitrogens with one attached hydrogen (secondary N) is 1. The molecule has 0 aliphatic heterocycles. The van der Waals surface area contributed by atoms with E-state index >= 15 is 0 Å². The molecule has 0 bridgehead atoms. The molecule has 0 rings (SSSR count). The smallest absolute Gasteiger partial charge is 0.234 e. The van der Waals surface area contributed by atoms with E-state index in [1.54, 1.807) is 0 Å². The molecule has 0 aliphatic rings. The Morgan fingerprint density at radius 3 is 2.69 bits per heavy atom. The standard InChI is InChI=1S/C7H15N5O/c1-5(2)11-6(7(8)13)3-4-10-12-9/h5-6,11H,3-4H2,1-2H3,(H2,8,13). The van der Waals surface area contributed by atoms with Gasteiger partial charge in [0.25, 0.3) is 0 Å². The van der Waals surface area contributed by atoms with Crippen molar-refractivity contribution in [2.75, 3.05) is 6.54 Å². The van der Waals surface area contributed by atoms with Gasteiger partial charge in [-0.2, -0.15) is 0 Å². The summed E-state index contributed by atoms with van der Waals surface area (Å²) in [6, 6.07) is -0.228. The quantitative estimate of drug-likeness (QED) is 0.358. The lowest BCUT2D eigenvalue weighted by atomic mass is 10.2. The molecule has 0 aliphatic carbocycles. The number of hydrogen-bond donors (Lipinski definition) is 2. The Kier molecular flexibility index (Phi) is 5.67. The molecule has 6 nitrogen and oxygen atoms in total. The second kappa shape index (κ2) is 6.28. The van der Waals surface area contributed by atoms with Gasteiger partial charge in [-0.25, -0.2) is 0 Å². The van der Waals surface area contributed by atoms with Crippen LogP contribution >= 0.6 is 0 Å². The third-order valence-corrected chi connectivity index (χ3v) is 1.46. The number of nitrogens with zero attached hydrogens (tertiary/aromatic N) is 3. The highest BCUT2D eigenvalue weighted by Gasteiger charge is 2.14. The van der Waals surface area contributed by atoms with E-state index in [1.165, 1.54) is 0 Å². The molecule has 0 spiro atoms. The van der Waals surface area contributed by atoms with E-state index in [0.717, 1.165) is 0 Å². The van der Waals surface area contributed by atoms with Crippen LogP contribution in [0.1, 0.15) is 20.3 Å². The topological polar surface area (TPSA) is 104 Å². The van der Waals surface area contributed by atoms with Gasteiger partial charge >= 0.3 is 0 Å². The molecule has 1 amide bonds. The maximum Gasteiger partial charge on any atom is 0.234 e. The fourth-order valence-electron chi connectivity index (χ4n) is 0.942. The first-order valence-corrected chi connectivity index (χ1v) is 4.14. The molecule has 3 N–H and O–H groups in total. The van der Waals surface area contributed by atoms with Gasteiger partial charge in [0, 0.05) is 17.5 Å². The van der Waals surface area contributed by atoms with Gasteiger partial charge < -0.3 is 11.1 Å². The van der Waals surface area contributed by atoms with Crippen molar-refractivity contribution in [3.05, 3.63) is 10.4 Å². The maximum atomic E-state index is 10.9. The number of azide groups is 1. The normalized spacial score (nSPS) is 12.2. The second-order valence-electron chi connectivity index (χ2n) is 3.02. The first kappa shape index (κ1) is 11.7. The van der Waals surface area contributed by atoms with Crippen molar-refractivity contribution in [1.29, 1.82) is 0 Å². The maximum absolute atomic E-state index is 10.9. The minimum atomic E-state index is -0.415. The predicted octanol–water partition coefficient (Wildman–Crippen LogP) is 0.539. The van der Waals surface area contributed by atoms with Crippen molar-refractivity contribution in [3.63, 3.8) is 0 Å². The van der Waals surface area contributed by atoms with Gasteiger partial charge in [-0.15, -0.1) is 0 Å². The molecule has 0 radical (unpaired) electrons. The first-order chi connectivity index (χ1) is 6.07. The largest absolute Gasteiger partial charge is 0.368 e. The third kappa shape index (κ3) is 5.95. The third-order valence-electron chi connectivity index (χ3n) is 1.46. The highest BCUT2D eigenvalue weighted by atomic mass is 16.1. The molecule has 0 aromatic heterocycles. The van der Waals surface area contributed by atoms with Crippen molar-refractivity contribution >= 4 is 5.91 Å². The summed E-state index contributed by atoms with van der Waals surface area (Å²) in [5.41, 5.74) is 13.2. The summed E-state index contributed by atoms with van der Waals surface area (Å²) in [6.07, 6.45) is 0.442. The van der Waals surface area contributed by atoms with Gasteiger partial charge in [0.15, 0.2) is 0 Å². The molecule has 74 valence electrons. The van der Waals surface area contributed by atoms with Crippen molar-refractivity contribution in [3.8, 4) is 0 Å². The van der Waals surface area contributed by atoms with Crippen LogP contribution in [0.15, 0.2) is 5.11 Å². The van der Waals surface area contributed by atoms with Crippen LogP contribution in [0.25, 0.3) is 10.4 Å². The van der Waals surface area contributed by atoms with Crippen LogP contribution in [0.2, 0.25) is 0 Å². The van der Waals surface area contributed by atoms with Crippen LogP contribution in [0.5, 0.6) is 0 Å². The van der Waals surface area contributed by atoms with E-state index < -0.39 is 11.9 Å². The number of carbonyl (C=O) groups is 1. The molecule has 13 heavy (non-hydrogen) atoms. The van der Waals surface area contributed by atoms with Gasteiger partial charge in [0.2, 0.25) is 5.91 Å². The molecule has 0 aromatic carbocycles. The van der Waals surface area contributed by atoms with Gasteiger partial charge in [-0.3, -0.25) is 4.79 Å². The molecule has 0 heterocycles. The van der Waals surface area contributed by atoms with Crippen LogP contribution in [-0.2, 0) is 4.79 Å². The molecular weight excluding hydrogens is 170 g/mol. The van der Waals surface area contributed by atoms with E-state index in [4.69, 9.17) is 11.3 Å². The highest BCUT2D eigenvalue weighted by molar-refractivity contribution is 5.79. The van der Waals surface area contributed by atoms with E-state index in [0.29, 0.717) is 6.42 Å². The van der Waals surface area contributed by atoms with Crippen molar-refractivity contribution in [2.45, 2.75) is 32.4 Å². The van der Waals surface area contributed by atoms with Crippen LogP contribution in [0, 0.1) is 0 Å². The van der Waals surface area contributed by atoms with E-state index in [1.807, 2.05) is 13.8 Å². The van der Waals surface area contributed by atoms with E-state index in [2.05, 4.69) is 15.3 Å². The molecule has 1 unspecified atom stereocenters. The zero-order valence-corrected chi connectivity index (χ0v) is 7.90. The zero-order valence-electron chi connectivity index (χ0n) is 7.90. The average molecular weight is 185 g/mol. The van der Waals surface area contributed by atoms with E-state index in [-0.39, 0.29) is 12.6 Å². The zero-order chi connectivity index (χ0) is 10.3. The summed E-state index contributed by atoms with van der Waals surface area (Å²) in [4.78, 5) is 13.4. The lowest BCUT2D eigenvalue weighted by Gasteiger charge is -2.16. The average Bonchev–Trinajstić information content (AvgIpc) is 2.02. The molecule has 6 heteroatoms. The SMILES string of the molecule is CC(C)NC(CCN=[N+]=[N-])C(N)=O. The van der Waals surface area contributed by atoms with Gasteiger partial charge in [0.05, 0.1) is 6.04 Å². The van der Waals surface area contributed by atoms with Crippen molar-refractivity contribution in [1.82, 2.24) is 5.32 Å². The monoisotopic (exact) mass is 185 g/mol. The molecule has 0 fully saturated rings. The Bertz CT molecular complexity index is 209. The van der Waals surface area contributed by atoms with Crippen molar-refractivity contribution in [2.24, 2.45) is 10.8 Å². The minimum Gasteiger partial charge on any atom is -0.368 e. The van der Waals surface area contributed by atoms with Gasteiger partial charge in [0.1, 0.15) is 0 Å². The van der Waals surface area contributed by atoms with Crippen LogP contribution in [0.4, 0.5) is 0 Å². The fourth-order valence-corrected chi connectivity index (χ4v) is 0.942. The molecule has 0 saturated carbocycles. The highest BCUT2D eigenvalue weighted by Crippen LogP contribution is 1.94. The number of primary amides is 1. The number of hydrogen-bond acceptors (Lipinski definition) is 3. The molecular formula is C7H15N5O. The number of rotatable bonds is 6. The van der Waals surface area contributed by atoms with E-state index in [9.17, 15) is 4.79 Å².